The molecule has 1 aliphatic rings. The van der Waals surface area contributed by atoms with Crippen LogP contribution in [0.5, 0.6) is 11.5 Å². The Morgan fingerprint density at radius 1 is 1.50 bits per heavy atom. The zero-order valence-corrected chi connectivity index (χ0v) is 13.7. The topological polar surface area (TPSA) is 50.7 Å². The molecule has 1 aliphatic heterocycles. The molecular formula is C17H21NO3S. The number of thiophene rings is 1. The molecule has 1 aromatic heterocycles. The average Bonchev–Trinajstić information content (AvgIpc) is 3.15. The van der Waals surface area contributed by atoms with Crippen LogP contribution >= 0.6 is 11.3 Å². The van der Waals surface area contributed by atoms with E-state index in [1.54, 1.807) is 18.4 Å². The van der Waals surface area contributed by atoms with Gasteiger partial charge in [0.05, 0.1) is 13.2 Å². The summed E-state index contributed by atoms with van der Waals surface area (Å²) in [4.78, 5) is 0. The number of ether oxygens (including phenoxy) is 2. The van der Waals surface area contributed by atoms with Gasteiger partial charge >= 0.3 is 0 Å². The monoisotopic (exact) mass is 319 g/mol. The quantitative estimate of drug-likeness (QED) is 0.859. The summed E-state index contributed by atoms with van der Waals surface area (Å²) in [5.74, 6) is 1.82. The molecule has 0 bridgehead atoms. The van der Waals surface area contributed by atoms with Crippen LogP contribution in [0.25, 0.3) is 0 Å². The van der Waals surface area contributed by atoms with Crippen LogP contribution in [-0.4, -0.2) is 24.9 Å². The van der Waals surface area contributed by atoms with Crippen LogP contribution in [0.2, 0.25) is 0 Å². The molecule has 0 saturated heterocycles. The number of benzene rings is 1. The molecule has 0 saturated carbocycles. The first kappa shape index (κ1) is 15.3. The Balaban J connectivity index is 1.66. The molecule has 2 N–H and O–H groups in total. The Hall–Kier alpha value is -1.56. The predicted octanol–water partition coefficient (Wildman–Crippen LogP) is 2.90. The number of hydrogen-bond donors (Lipinski definition) is 2. The molecule has 5 heteroatoms. The molecule has 0 amide bonds. The summed E-state index contributed by atoms with van der Waals surface area (Å²) in [6, 6.07) is 5.99. The van der Waals surface area contributed by atoms with Gasteiger partial charge in [-0.25, -0.2) is 0 Å². The van der Waals surface area contributed by atoms with Crippen molar-refractivity contribution in [3.8, 4) is 11.5 Å². The van der Waals surface area contributed by atoms with Gasteiger partial charge in [-0.05, 0) is 41.4 Å². The summed E-state index contributed by atoms with van der Waals surface area (Å²) in [7, 11) is 1.68. The number of aliphatic hydroxyl groups is 1. The summed E-state index contributed by atoms with van der Waals surface area (Å²) in [5.41, 5.74) is 3.23. The largest absolute Gasteiger partial charge is 0.497 e. The highest BCUT2D eigenvalue weighted by atomic mass is 32.1. The Labute approximate surface area is 134 Å². The lowest BCUT2D eigenvalue weighted by Gasteiger charge is -2.14. The molecule has 0 fully saturated rings. The Kier molecular flexibility index (Phi) is 4.66. The van der Waals surface area contributed by atoms with Crippen LogP contribution in [0.3, 0.4) is 0 Å². The molecule has 0 radical (unpaired) electrons. The van der Waals surface area contributed by atoms with Crippen LogP contribution < -0.4 is 14.8 Å². The van der Waals surface area contributed by atoms with Crippen molar-refractivity contribution in [3.63, 3.8) is 0 Å². The van der Waals surface area contributed by atoms with E-state index in [1.807, 2.05) is 29.0 Å². The predicted molar refractivity (Wildman–Crippen MR) is 87.8 cm³/mol. The second kappa shape index (κ2) is 6.69. The number of hydrogen-bond acceptors (Lipinski definition) is 5. The van der Waals surface area contributed by atoms with E-state index in [2.05, 4.69) is 12.2 Å². The van der Waals surface area contributed by atoms with Gasteiger partial charge in [-0.2, -0.15) is 11.3 Å². The maximum absolute atomic E-state index is 10.1. The SMILES string of the molecule is COc1cc(CNCC(O)c2ccsc2)c2c(c1)CC(C)O2. The van der Waals surface area contributed by atoms with Crippen molar-refractivity contribution < 1.29 is 14.6 Å². The van der Waals surface area contributed by atoms with E-state index in [4.69, 9.17) is 9.47 Å². The van der Waals surface area contributed by atoms with Crippen molar-refractivity contribution in [1.82, 2.24) is 5.32 Å². The third-order valence-electron chi connectivity index (χ3n) is 3.86. The minimum absolute atomic E-state index is 0.206. The van der Waals surface area contributed by atoms with E-state index in [-0.39, 0.29) is 6.10 Å². The molecule has 118 valence electrons. The van der Waals surface area contributed by atoms with E-state index in [9.17, 15) is 5.11 Å². The maximum atomic E-state index is 10.1. The fourth-order valence-electron chi connectivity index (χ4n) is 2.75. The van der Waals surface area contributed by atoms with Gasteiger partial charge in [0.25, 0.3) is 0 Å². The van der Waals surface area contributed by atoms with Crippen molar-refractivity contribution in [1.29, 1.82) is 0 Å². The van der Waals surface area contributed by atoms with Crippen molar-refractivity contribution >= 4 is 11.3 Å². The average molecular weight is 319 g/mol. The van der Waals surface area contributed by atoms with Crippen molar-refractivity contribution in [2.75, 3.05) is 13.7 Å². The second-order valence-corrected chi connectivity index (χ2v) is 6.39. The van der Waals surface area contributed by atoms with Gasteiger partial charge in [0.15, 0.2) is 0 Å². The van der Waals surface area contributed by atoms with E-state index < -0.39 is 6.10 Å². The number of methoxy groups -OCH3 is 1. The fraction of sp³-hybridized carbons (Fsp3) is 0.412. The van der Waals surface area contributed by atoms with Gasteiger partial charge in [-0.15, -0.1) is 0 Å². The van der Waals surface area contributed by atoms with Gasteiger partial charge < -0.3 is 19.9 Å². The van der Waals surface area contributed by atoms with Gasteiger partial charge in [-0.3, -0.25) is 0 Å². The molecular weight excluding hydrogens is 298 g/mol. The smallest absolute Gasteiger partial charge is 0.127 e. The van der Waals surface area contributed by atoms with Gasteiger partial charge in [0.2, 0.25) is 0 Å². The molecule has 0 spiro atoms. The van der Waals surface area contributed by atoms with Crippen molar-refractivity contribution in [2.45, 2.75) is 32.1 Å². The number of rotatable bonds is 6. The van der Waals surface area contributed by atoms with E-state index >= 15 is 0 Å². The minimum Gasteiger partial charge on any atom is -0.497 e. The van der Waals surface area contributed by atoms with Gasteiger partial charge in [-0.1, -0.05) is 0 Å². The first-order chi connectivity index (χ1) is 10.7. The molecule has 3 rings (SSSR count). The normalized spacial score (nSPS) is 17.9. The molecule has 1 aromatic carbocycles. The number of nitrogens with one attached hydrogen (secondary N) is 1. The van der Waals surface area contributed by atoms with Crippen molar-refractivity contribution in [3.05, 3.63) is 45.6 Å². The minimum atomic E-state index is -0.482. The van der Waals surface area contributed by atoms with Crippen LogP contribution in [0.1, 0.15) is 29.7 Å². The van der Waals surface area contributed by atoms with Crippen LogP contribution in [0.15, 0.2) is 29.0 Å². The molecule has 2 atom stereocenters. The zero-order chi connectivity index (χ0) is 15.5. The summed E-state index contributed by atoms with van der Waals surface area (Å²) in [6.07, 6.45) is 0.638. The lowest BCUT2D eigenvalue weighted by atomic mass is 10.1. The second-order valence-electron chi connectivity index (χ2n) is 5.61. The lowest BCUT2D eigenvalue weighted by molar-refractivity contribution is 0.174. The molecule has 22 heavy (non-hydrogen) atoms. The van der Waals surface area contributed by atoms with Gasteiger partial charge in [0.1, 0.15) is 17.6 Å². The lowest BCUT2D eigenvalue weighted by Crippen LogP contribution is -2.21. The first-order valence-electron chi connectivity index (χ1n) is 7.44. The maximum Gasteiger partial charge on any atom is 0.127 e. The molecule has 2 unspecified atom stereocenters. The summed E-state index contributed by atoms with van der Waals surface area (Å²) < 4.78 is 11.3. The third-order valence-corrected chi connectivity index (χ3v) is 4.56. The summed E-state index contributed by atoms with van der Waals surface area (Å²) in [5, 5.41) is 17.4. The zero-order valence-electron chi connectivity index (χ0n) is 12.8. The highest BCUT2D eigenvalue weighted by Crippen LogP contribution is 2.36. The van der Waals surface area contributed by atoms with E-state index in [0.29, 0.717) is 13.1 Å². The molecule has 2 heterocycles. The third kappa shape index (κ3) is 3.27. The first-order valence-corrected chi connectivity index (χ1v) is 8.39. The van der Waals surface area contributed by atoms with Crippen LogP contribution in [0.4, 0.5) is 0 Å². The Bertz CT molecular complexity index is 627. The Morgan fingerprint density at radius 2 is 2.36 bits per heavy atom. The van der Waals surface area contributed by atoms with Crippen LogP contribution in [0, 0.1) is 0 Å². The fourth-order valence-corrected chi connectivity index (χ4v) is 3.46. The van der Waals surface area contributed by atoms with Crippen LogP contribution in [-0.2, 0) is 13.0 Å². The highest BCUT2D eigenvalue weighted by molar-refractivity contribution is 7.07. The summed E-state index contributed by atoms with van der Waals surface area (Å²) >= 11 is 1.59. The highest BCUT2D eigenvalue weighted by Gasteiger charge is 2.23. The molecule has 2 aromatic rings. The molecule has 0 aliphatic carbocycles. The summed E-state index contributed by atoms with van der Waals surface area (Å²) in [6.45, 7) is 3.23. The van der Waals surface area contributed by atoms with E-state index in [0.717, 1.165) is 29.0 Å². The standard InChI is InChI=1S/C17H21NO3S/c1-11-5-13-6-15(20-2)7-14(17(13)21-11)8-18-9-16(19)12-3-4-22-10-12/h3-4,6-7,10-11,16,18-19H,5,8-9H2,1-2H3. The van der Waals surface area contributed by atoms with E-state index in [1.165, 1.54) is 5.56 Å². The Morgan fingerprint density at radius 3 is 3.09 bits per heavy atom. The van der Waals surface area contributed by atoms with Gasteiger partial charge in [0, 0.05) is 30.6 Å². The molecule has 4 nitrogen and oxygen atoms in total. The van der Waals surface area contributed by atoms with Crippen molar-refractivity contribution in [2.24, 2.45) is 0 Å². The number of fused-ring (bicyclic) bond motifs is 1. The number of aliphatic hydroxyl groups excluding tert-OH is 1.